The number of hydrogen-bond acceptors (Lipinski definition) is 2. The van der Waals surface area contributed by atoms with Crippen molar-refractivity contribution in [1.82, 2.24) is 0 Å². The summed E-state index contributed by atoms with van der Waals surface area (Å²) in [7, 11) is 0. The summed E-state index contributed by atoms with van der Waals surface area (Å²) in [5.41, 5.74) is -12.6. The first-order chi connectivity index (χ1) is 30.6. The summed E-state index contributed by atoms with van der Waals surface area (Å²) >= 11 is 0. The molecule has 3 nitrogen and oxygen atoms in total. The van der Waals surface area contributed by atoms with Crippen LogP contribution in [0.4, 0.5) is 87.8 Å². The molecule has 0 aliphatic rings. The highest BCUT2D eigenvalue weighted by Crippen LogP contribution is 2.31. The number of halogens is 20. The van der Waals surface area contributed by atoms with Gasteiger partial charge in [0.25, 0.3) is 0 Å². The van der Waals surface area contributed by atoms with Gasteiger partial charge in [-0.15, -0.1) is 21.9 Å². The highest BCUT2D eigenvalue weighted by atomic mass is 19.2. The Hall–Kier alpha value is -7.27. The Kier molecular flexibility index (Phi) is 11.8. The maximum atomic E-state index is 15.4. The molecule has 24 heteroatoms. The van der Waals surface area contributed by atoms with E-state index < -0.39 is 144 Å². The molecule has 0 amide bonds. The standard InChI is InChI=1S/C24BF20.C17H12NO2/c26-5-1(6(27)14(35)21(42)13(5)34)25(2-7(28)15(36)22(43)16(37)8(2)29,3-9(30)17(38)23(44)18(39)10(3)31)4-11(32)19(40)24(45)20(41)12(4)33;1-2-8-14-13(6-1)7-5-11-16(14)20-18-12-19-17-10-4-3-9-15(17)18/h;1-12H/q-1;+1. The van der Waals surface area contributed by atoms with Gasteiger partial charge in [0.1, 0.15) is 52.7 Å². The number of fused-ring (bicyclic) bond motifs is 2. The molecule has 0 aliphatic heterocycles. The molecule has 0 radical (unpaired) electrons. The molecule has 336 valence electrons. The van der Waals surface area contributed by atoms with Crippen LogP contribution in [0.2, 0.25) is 0 Å². The van der Waals surface area contributed by atoms with Crippen LogP contribution in [0.5, 0.6) is 5.75 Å². The van der Waals surface area contributed by atoms with Crippen LogP contribution in [0.15, 0.2) is 77.5 Å². The van der Waals surface area contributed by atoms with Gasteiger partial charge in [-0.25, -0.2) is 92.6 Å². The minimum absolute atomic E-state index is 0.799. The molecule has 1 heterocycles. The Morgan fingerprint density at radius 1 is 0.338 bits per heavy atom. The van der Waals surface area contributed by atoms with Gasteiger partial charge in [-0.2, -0.15) is 0 Å². The van der Waals surface area contributed by atoms with Crippen molar-refractivity contribution in [2.45, 2.75) is 0 Å². The van der Waals surface area contributed by atoms with E-state index in [9.17, 15) is 52.7 Å². The number of para-hydroxylation sites is 2. The number of hydrogen-bond donors (Lipinski definition) is 0. The average Bonchev–Trinajstić information content (AvgIpc) is 3.71. The van der Waals surface area contributed by atoms with Gasteiger partial charge < -0.3 is 4.42 Å². The quantitative estimate of drug-likeness (QED) is 0.0547. The van der Waals surface area contributed by atoms with Crippen molar-refractivity contribution >= 4 is 49.9 Å². The third-order valence-corrected chi connectivity index (χ3v) is 10.0. The molecule has 0 N–H and O–H groups in total. The van der Waals surface area contributed by atoms with Crippen LogP contribution in [0, 0.1) is 116 Å². The second-order valence-corrected chi connectivity index (χ2v) is 13.4. The van der Waals surface area contributed by atoms with Crippen LogP contribution in [-0.2, 0) is 0 Å². The highest BCUT2D eigenvalue weighted by molar-refractivity contribution is 7.20. The second-order valence-electron chi connectivity index (χ2n) is 13.4. The monoisotopic (exact) mass is 941 g/mol. The third-order valence-electron chi connectivity index (χ3n) is 10.0. The molecule has 7 aromatic carbocycles. The van der Waals surface area contributed by atoms with E-state index in [4.69, 9.17) is 9.25 Å². The van der Waals surface area contributed by atoms with Gasteiger partial charge in [-0.3, -0.25) is 0 Å². The van der Waals surface area contributed by atoms with Gasteiger partial charge >= 0.3 is 11.9 Å². The summed E-state index contributed by atoms with van der Waals surface area (Å²) in [5, 5.41) is 2.23. The van der Waals surface area contributed by atoms with Crippen molar-refractivity contribution in [2.75, 3.05) is 0 Å². The van der Waals surface area contributed by atoms with Gasteiger partial charge in [-0.1, -0.05) is 48.5 Å². The van der Waals surface area contributed by atoms with E-state index in [0.29, 0.717) is 0 Å². The summed E-state index contributed by atoms with van der Waals surface area (Å²) in [4.78, 5) is 5.97. The molecule has 0 unspecified atom stereocenters. The van der Waals surface area contributed by atoms with Crippen LogP contribution in [0.3, 0.4) is 0 Å². The molecule has 0 bridgehead atoms. The lowest BCUT2D eigenvalue weighted by Gasteiger charge is -2.44. The van der Waals surface area contributed by atoms with Crippen LogP contribution < -0.4 is 31.4 Å². The molecule has 0 fully saturated rings. The van der Waals surface area contributed by atoms with E-state index in [0.717, 1.165) is 27.6 Å². The lowest BCUT2D eigenvalue weighted by molar-refractivity contribution is -0.857. The number of aromatic nitrogens is 1. The fraction of sp³-hybridized carbons (Fsp3) is 0. The summed E-state index contributed by atoms with van der Waals surface area (Å²) in [6.07, 6.45) is -5.64. The maximum absolute atomic E-state index is 15.4. The van der Waals surface area contributed by atoms with Crippen molar-refractivity contribution in [3.63, 3.8) is 0 Å². The first kappa shape index (κ1) is 45.7. The SMILES string of the molecule is Fc1c(F)c(F)c([B-](c2c(F)c(F)c(F)c(F)c2F)(c2c(F)c(F)c(F)c(F)c2F)c2c(F)c(F)c(F)c(F)c2F)c(F)c1F.c1ccc2c(O[n+]3coc4ccccc43)cccc2c1. The zero-order valence-corrected chi connectivity index (χ0v) is 30.8. The van der Waals surface area contributed by atoms with Gasteiger partial charge in [0.05, 0.1) is 4.73 Å². The van der Waals surface area contributed by atoms with Crippen LogP contribution in [0.25, 0.3) is 21.9 Å². The normalized spacial score (nSPS) is 11.7. The fourth-order valence-electron chi connectivity index (χ4n) is 7.23. The van der Waals surface area contributed by atoms with Crippen molar-refractivity contribution in [3.05, 3.63) is 189 Å². The number of nitrogens with zero attached hydrogens (tertiary/aromatic N) is 1. The smallest absolute Gasteiger partial charge is 0.386 e. The molecule has 0 saturated heterocycles. The Bertz CT molecular complexity index is 2880. The summed E-state index contributed by atoms with van der Waals surface area (Å²) in [6.45, 7) is 0. The minimum atomic E-state index is -7.22. The van der Waals surface area contributed by atoms with E-state index in [1.807, 2.05) is 54.6 Å². The van der Waals surface area contributed by atoms with Gasteiger partial charge in [0, 0.05) is 11.5 Å². The number of rotatable bonds is 6. The van der Waals surface area contributed by atoms with Gasteiger partial charge in [-0.05, 0) is 17.5 Å². The molecular weight excluding hydrogens is 929 g/mol. The first-order valence-electron chi connectivity index (χ1n) is 17.4. The molecular formula is C41H12BF20NO2. The Labute approximate surface area is 346 Å². The lowest BCUT2D eigenvalue weighted by atomic mass is 9.12. The Morgan fingerprint density at radius 2 is 0.646 bits per heavy atom. The van der Waals surface area contributed by atoms with Crippen molar-refractivity contribution in [2.24, 2.45) is 0 Å². The Morgan fingerprint density at radius 3 is 1.03 bits per heavy atom. The van der Waals surface area contributed by atoms with Crippen LogP contribution in [0.1, 0.15) is 0 Å². The zero-order valence-electron chi connectivity index (χ0n) is 30.8. The van der Waals surface area contributed by atoms with Crippen molar-refractivity contribution in [3.8, 4) is 5.75 Å². The summed E-state index contributed by atoms with van der Waals surface area (Å²) in [6, 6.07) is 21.9. The molecule has 0 saturated carbocycles. The van der Waals surface area contributed by atoms with E-state index in [2.05, 4.69) is 12.1 Å². The van der Waals surface area contributed by atoms with E-state index in [-0.39, 0.29) is 0 Å². The molecule has 8 rings (SSSR count). The van der Waals surface area contributed by atoms with Crippen molar-refractivity contribution < 1.29 is 102 Å². The lowest BCUT2D eigenvalue weighted by Crippen LogP contribution is -2.81. The van der Waals surface area contributed by atoms with E-state index in [1.165, 1.54) is 0 Å². The predicted molar refractivity (Wildman–Crippen MR) is 186 cm³/mol. The maximum Gasteiger partial charge on any atom is 0.386 e. The molecule has 0 atom stereocenters. The number of oxazole rings is 1. The zero-order chi connectivity index (χ0) is 47.7. The topological polar surface area (TPSA) is 26.2 Å². The summed E-state index contributed by atoms with van der Waals surface area (Å²) in [5.74, 6) is -70.6. The van der Waals surface area contributed by atoms with E-state index >= 15 is 35.1 Å². The highest BCUT2D eigenvalue weighted by Gasteiger charge is 2.52. The molecule has 1 aromatic heterocycles. The second kappa shape index (κ2) is 16.7. The van der Waals surface area contributed by atoms with E-state index in [1.54, 1.807) is 11.1 Å². The summed E-state index contributed by atoms with van der Waals surface area (Å²) < 4.78 is 301. The van der Waals surface area contributed by atoms with Crippen molar-refractivity contribution in [1.29, 1.82) is 0 Å². The first-order valence-corrected chi connectivity index (χ1v) is 17.4. The molecule has 8 aromatic rings. The van der Waals surface area contributed by atoms with Gasteiger partial charge in [0.15, 0.2) is 69.8 Å². The van der Waals surface area contributed by atoms with Gasteiger partial charge in [0.2, 0.25) is 11.3 Å². The average molecular weight is 941 g/mol. The van der Waals surface area contributed by atoms with Crippen LogP contribution >= 0.6 is 0 Å². The molecule has 0 spiro atoms. The fourth-order valence-corrected chi connectivity index (χ4v) is 7.23. The number of benzene rings is 7. The Balaban J connectivity index is 0.000000258. The predicted octanol–water partition coefficient (Wildman–Crippen LogP) is 9.56. The molecule has 65 heavy (non-hydrogen) atoms. The minimum Gasteiger partial charge on any atom is -0.400 e. The third kappa shape index (κ3) is 6.83. The largest absolute Gasteiger partial charge is 0.400 e. The molecule has 0 aliphatic carbocycles. The van der Waals surface area contributed by atoms with Crippen LogP contribution in [-0.4, -0.2) is 6.15 Å².